The predicted molar refractivity (Wildman–Crippen MR) is 80.4 cm³/mol. The maximum Gasteiger partial charge on any atom is 0.257 e. The highest BCUT2D eigenvalue weighted by molar-refractivity contribution is 9.10. The molecule has 1 atom stereocenters. The molecule has 106 valence electrons. The molecule has 0 fully saturated rings. The van der Waals surface area contributed by atoms with Crippen molar-refractivity contribution in [2.75, 3.05) is 20.2 Å². The van der Waals surface area contributed by atoms with Gasteiger partial charge in [0.2, 0.25) is 0 Å². The Labute approximate surface area is 123 Å². The lowest BCUT2D eigenvalue weighted by Gasteiger charge is -2.16. The minimum Gasteiger partial charge on any atom is -0.483 e. The number of benzene rings is 1. The zero-order chi connectivity index (χ0) is 14.3. The Hall–Kier alpha value is -1.07. The van der Waals surface area contributed by atoms with E-state index in [1.807, 2.05) is 39.1 Å². The van der Waals surface area contributed by atoms with Crippen molar-refractivity contribution < 1.29 is 9.53 Å². The van der Waals surface area contributed by atoms with Gasteiger partial charge in [0.15, 0.2) is 6.61 Å². The lowest BCUT2D eigenvalue weighted by Crippen LogP contribution is -2.29. The summed E-state index contributed by atoms with van der Waals surface area (Å²) in [4.78, 5) is 11.5. The molecule has 0 aromatic heterocycles. The first-order chi connectivity index (χ1) is 9.08. The third-order valence-electron chi connectivity index (χ3n) is 2.81. The summed E-state index contributed by atoms with van der Waals surface area (Å²) in [5, 5.41) is 5.96. The van der Waals surface area contributed by atoms with Crippen LogP contribution >= 0.6 is 15.9 Å². The molecular weight excluding hydrogens is 308 g/mol. The molecule has 0 heterocycles. The number of hydrogen-bond donors (Lipinski definition) is 2. The predicted octanol–water partition coefficient (Wildman–Crippen LogP) is 2.63. The first kappa shape index (κ1) is 16.0. The van der Waals surface area contributed by atoms with Crippen molar-refractivity contribution >= 4 is 21.8 Å². The van der Waals surface area contributed by atoms with Gasteiger partial charge in [-0.2, -0.15) is 0 Å². The van der Waals surface area contributed by atoms with Crippen LogP contribution in [-0.4, -0.2) is 26.1 Å². The number of carbonyl (C=O) groups excluding carboxylic acids is 1. The number of nitrogens with one attached hydrogen (secondary N) is 2. The lowest BCUT2D eigenvalue weighted by molar-refractivity contribution is -0.123. The largest absolute Gasteiger partial charge is 0.483 e. The van der Waals surface area contributed by atoms with Crippen molar-refractivity contribution in [1.29, 1.82) is 0 Å². The number of ether oxygens (including phenoxy) is 1. The SMILES string of the molecule is CCCNC(=O)COc1cc(Br)ccc1C(C)NC. The summed E-state index contributed by atoms with van der Waals surface area (Å²) in [6.07, 6.45) is 0.921. The Morgan fingerprint density at radius 1 is 1.47 bits per heavy atom. The fourth-order valence-corrected chi connectivity index (χ4v) is 1.95. The number of carbonyl (C=O) groups is 1. The van der Waals surface area contributed by atoms with Crippen LogP contribution in [0.2, 0.25) is 0 Å². The Balaban J connectivity index is 2.70. The van der Waals surface area contributed by atoms with Gasteiger partial charge in [-0.05, 0) is 32.5 Å². The van der Waals surface area contributed by atoms with Gasteiger partial charge in [-0.25, -0.2) is 0 Å². The molecule has 0 spiro atoms. The van der Waals surface area contributed by atoms with E-state index in [-0.39, 0.29) is 18.6 Å². The Kier molecular flexibility index (Phi) is 6.87. The zero-order valence-corrected chi connectivity index (χ0v) is 13.2. The Bertz CT molecular complexity index is 424. The van der Waals surface area contributed by atoms with Gasteiger partial charge in [-0.15, -0.1) is 0 Å². The van der Waals surface area contributed by atoms with Crippen LogP contribution < -0.4 is 15.4 Å². The van der Waals surface area contributed by atoms with Crippen molar-refractivity contribution in [3.8, 4) is 5.75 Å². The van der Waals surface area contributed by atoms with E-state index in [2.05, 4.69) is 26.6 Å². The van der Waals surface area contributed by atoms with Crippen LogP contribution in [0.3, 0.4) is 0 Å². The molecule has 19 heavy (non-hydrogen) atoms. The second-order valence-electron chi connectivity index (χ2n) is 4.33. The minimum absolute atomic E-state index is 0.0416. The van der Waals surface area contributed by atoms with E-state index in [1.54, 1.807) is 0 Å². The van der Waals surface area contributed by atoms with Crippen molar-refractivity contribution in [3.63, 3.8) is 0 Å². The fourth-order valence-electron chi connectivity index (χ4n) is 1.61. The molecule has 1 aromatic carbocycles. The first-order valence-electron chi connectivity index (χ1n) is 6.44. The van der Waals surface area contributed by atoms with Crippen molar-refractivity contribution in [2.24, 2.45) is 0 Å². The number of hydrogen-bond acceptors (Lipinski definition) is 3. The van der Waals surface area contributed by atoms with Crippen molar-refractivity contribution in [3.05, 3.63) is 28.2 Å². The summed E-state index contributed by atoms with van der Waals surface area (Å²) < 4.78 is 6.55. The van der Waals surface area contributed by atoms with E-state index in [0.29, 0.717) is 6.54 Å². The molecule has 0 saturated heterocycles. The van der Waals surface area contributed by atoms with Gasteiger partial charge in [0.1, 0.15) is 5.75 Å². The second-order valence-corrected chi connectivity index (χ2v) is 5.25. The third kappa shape index (κ3) is 5.20. The monoisotopic (exact) mass is 328 g/mol. The lowest BCUT2D eigenvalue weighted by atomic mass is 10.1. The molecule has 1 amide bonds. The fraction of sp³-hybridized carbons (Fsp3) is 0.500. The molecule has 0 aliphatic heterocycles. The normalized spacial score (nSPS) is 12.0. The van der Waals surface area contributed by atoms with Gasteiger partial charge < -0.3 is 15.4 Å². The Morgan fingerprint density at radius 3 is 2.84 bits per heavy atom. The molecule has 5 heteroatoms. The second kappa shape index (κ2) is 8.17. The van der Waals surface area contributed by atoms with E-state index in [9.17, 15) is 4.79 Å². The average Bonchev–Trinajstić information content (AvgIpc) is 2.42. The maximum atomic E-state index is 11.5. The van der Waals surface area contributed by atoms with Crippen molar-refractivity contribution in [1.82, 2.24) is 10.6 Å². The summed E-state index contributed by atoms with van der Waals surface area (Å²) in [7, 11) is 1.89. The third-order valence-corrected chi connectivity index (χ3v) is 3.30. The van der Waals surface area contributed by atoms with E-state index in [1.165, 1.54) is 0 Å². The highest BCUT2D eigenvalue weighted by Gasteiger charge is 2.12. The summed E-state index contributed by atoms with van der Waals surface area (Å²) >= 11 is 3.42. The van der Waals surface area contributed by atoms with Gasteiger partial charge >= 0.3 is 0 Å². The van der Waals surface area contributed by atoms with Crippen LogP contribution in [0.4, 0.5) is 0 Å². The van der Waals surface area contributed by atoms with E-state index < -0.39 is 0 Å². The summed E-state index contributed by atoms with van der Waals surface area (Å²) in [6.45, 7) is 4.79. The van der Waals surface area contributed by atoms with Crippen LogP contribution in [0.25, 0.3) is 0 Å². The van der Waals surface area contributed by atoms with Crippen LogP contribution in [0.5, 0.6) is 5.75 Å². The highest BCUT2D eigenvalue weighted by atomic mass is 79.9. The number of halogens is 1. The quantitative estimate of drug-likeness (QED) is 0.809. The van der Waals surface area contributed by atoms with Gasteiger partial charge in [-0.3, -0.25) is 4.79 Å². The molecule has 0 bridgehead atoms. The maximum absolute atomic E-state index is 11.5. The van der Waals surface area contributed by atoms with Gasteiger partial charge in [-0.1, -0.05) is 28.9 Å². The van der Waals surface area contributed by atoms with E-state index >= 15 is 0 Å². The molecule has 0 aliphatic rings. The Morgan fingerprint density at radius 2 is 2.21 bits per heavy atom. The van der Waals surface area contributed by atoms with Crippen LogP contribution in [-0.2, 0) is 4.79 Å². The molecule has 0 radical (unpaired) electrons. The standard InChI is InChI=1S/C14H21BrN2O2/c1-4-7-17-14(18)9-19-13-8-11(15)5-6-12(13)10(2)16-3/h5-6,8,10,16H,4,7,9H2,1-3H3,(H,17,18). The van der Waals surface area contributed by atoms with E-state index in [0.717, 1.165) is 22.2 Å². The summed E-state index contributed by atoms with van der Waals surface area (Å²) in [5.74, 6) is 0.632. The molecule has 0 saturated carbocycles. The summed E-state index contributed by atoms with van der Waals surface area (Å²) in [5.41, 5.74) is 1.04. The minimum atomic E-state index is -0.0927. The van der Waals surface area contributed by atoms with Gasteiger partial charge in [0.05, 0.1) is 0 Å². The molecular formula is C14H21BrN2O2. The molecule has 1 unspecified atom stereocenters. The van der Waals surface area contributed by atoms with Crippen LogP contribution in [0.1, 0.15) is 31.9 Å². The van der Waals surface area contributed by atoms with Crippen LogP contribution in [0.15, 0.2) is 22.7 Å². The molecule has 1 rings (SSSR count). The molecule has 0 aliphatic carbocycles. The topological polar surface area (TPSA) is 50.4 Å². The summed E-state index contributed by atoms with van der Waals surface area (Å²) in [6, 6.07) is 6.01. The number of rotatable bonds is 7. The van der Waals surface area contributed by atoms with Crippen molar-refractivity contribution in [2.45, 2.75) is 26.3 Å². The number of amides is 1. The highest BCUT2D eigenvalue weighted by Crippen LogP contribution is 2.28. The average molecular weight is 329 g/mol. The van der Waals surface area contributed by atoms with Gasteiger partial charge in [0.25, 0.3) is 5.91 Å². The molecule has 1 aromatic rings. The molecule has 4 nitrogen and oxygen atoms in total. The molecule has 2 N–H and O–H groups in total. The van der Waals surface area contributed by atoms with E-state index in [4.69, 9.17) is 4.74 Å². The van der Waals surface area contributed by atoms with Crippen LogP contribution in [0, 0.1) is 0 Å². The smallest absolute Gasteiger partial charge is 0.257 e. The van der Waals surface area contributed by atoms with Gasteiger partial charge in [0, 0.05) is 22.6 Å². The first-order valence-corrected chi connectivity index (χ1v) is 7.24. The zero-order valence-electron chi connectivity index (χ0n) is 11.6.